The molecule has 0 saturated carbocycles. The fourth-order valence-electron chi connectivity index (χ4n) is 1.30. The van der Waals surface area contributed by atoms with E-state index in [4.69, 9.17) is 4.42 Å². The fraction of sp³-hybridized carbons (Fsp3) is 0.300. The Morgan fingerprint density at radius 3 is 3.21 bits per heavy atom. The minimum Gasteiger partial charge on any atom is -0.463 e. The highest BCUT2D eigenvalue weighted by Crippen LogP contribution is 2.27. The molecule has 14 heavy (non-hydrogen) atoms. The van der Waals surface area contributed by atoms with Gasteiger partial charge in [-0.2, -0.15) is 0 Å². The first kappa shape index (κ1) is 9.43. The Kier molecular flexibility index (Phi) is 2.96. The zero-order valence-corrected chi connectivity index (χ0v) is 8.80. The van der Waals surface area contributed by atoms with Crippen LogP contribution in [0.1, 0.15) is 5.69 Å². The second kappa shape index (κ2) is 4.39. The molecule has 3 nitrogen and oxygen atoms in total. The Labute approximate surface area is 86.8 Å². The molecular formula is C10H12N2OS. The Hall–Kier alpha value is -1.13. The third-order valence-electron chi connectivity index (χ3n) is 2.00. The molecule has 4 heteroatoms. The molecule has 74 valence electrons. The lowest BCUT2D eigenvalue weighted by atomic mass is 10.2. The van der Waals surface area contributed by atoms with E-state index in [0.717, 1.165) is 29.3 Å². The molecular weight excluding hydrogens is 196 g/mol. The van der Waals surface area contributed by atoms with Crippen molar-refractivity contribution in [3.63, 3.8) is 0 Å². The summed E-state index contributed by atoms with van der Waals surface area (Å²) in [6, 6.07) is 3.87. The van der Waals surface area contributed by atoms with Crippen LogP contribution in [0.5, 0.6) is 0 Å². The van der Waals surface area contributed by atoms with Crippen molar-refractivity contribution in [1.29, 1.82) is 0 Å². The average molecular weight is 208 g/mol. The van der Waals surface area contributed by atoms with Crippen LogP contribution in [0.2, 0.25) is 0 Å². The van der Waals surface area contributed by atoms with Gasteiger partial charge in [-0.15, -0.1) is 11.3 Å². The molecule has 0 bridgehead atoms. The summed E-state index contributed by atoms with van der Waals surface area (Å²) in [5, 5.41) is 3.11. The molecule has 1 N–H and O–H groups in total. The zero-order chi connectivity index (χ0) is 9.80. The number of nitrogens with one attached hydrogen (secondary N) is 1. The molecule has 0 saturated heterocycles. The average Bonchev–Trinajstić information content (AvgIpc) is 2.84. The molecule has 0 fully saturated rings. The number of likely N-dealkylation sites (N-methyl/N-ethyl adjacent to an activating group) is 1. The van der Waals surface area contributed by atoms with Gasteiger partial charge in [0.05, 0.1) is 22.3 Å². The van der Waals surface area contributed by atoms with Gasteiger partial charge < -0.3 is 9.73 Å². The van der Waals surface area contributed by atoms with Crippen molar-refractivity contribution in [3.05, 3.63) is 29.6 Å². The number of thiazole rings is 1. The predicted octanol–water partition coefficient (Wildman–Crippen LogP) is 2.17. The summed E-state index contributed by atoms with van der Waals surface area (Å²) >= 11 is 1.63. The van der Waals surface area contributed by atoms with E-state index in [-0.39, 0.29) is 0 Å². The Morgan fingerprint density at radius 1 is 1.57 bits per heavy atom. The minimum atomic E-state index is 0.915. The van der Waals surface area contributed by atoms with Crippen molar-refractivity contribution in [3.8, 4) is 10.6 Å². The molecule has 0 aliphatic carbocycles. The van der Waals surface area contributed by atoms with E-state index in [0.29, 0.717) is 0 Å². The maximum absolute atomic E-state index is 5.35. The molecule has 2 heterocycles. The number of nitrogens with zero attached hydrogens (tertiary/aromatic N) is 1. The van der Waals surface area contributed by atoms with E-state index >= 15 is 0 Å². The van der Waals surface area contributed by atoms with Crippen LogP contribution in [0.25, 0.3) is 10.6 Å². The summed E-state index contributed by atoms with van der Waals surface area (Å²) < 4.78 is 5.35. The summed E-state index contributed by atoms with van der Waals surface area (Å²) in [5.41, 5.74) is 2.97. The first-order chi connectivity index (χ1) is 6.92. The van der Waals surface area contributed by atoms with E-state index in [9.17, 15) is 0 Å². The van der Waals surface area contributed by atoms with Gasteiger partial charge in [0.1, 0.15) is 5.76 Å². The molecule has 0 aromatic carbocycles. The van der Waals surface area contributed by atoms with Crippen LogP contribution in [-0.4, -0.2) is 18.6 Å². The van der Waals surface area contributed by atoms with Gasteiger partial charge in [-0.25, -0.2) is 4.98 Å². The Morgan fingerprint density at radius 2 is 2.50 bits per heavy atom. The highest BCUT2D eigenvalue weighted by Gasteiger charge is 2.09. The molecule has 2 aromatic heterocycles. The quantitative estimate of drug-likeness (QED) is 0.836. The lowest BCUT2D eigenvalue weighted by Crippen LogP contribution is -2.10. The van der Waals surface area contributed by atoms with E-state index in [1.165, 1.54) is 0 Å². The lowest BCUT2D eigenvalue weighted by Gasteiger charge is -1.98. The normalized spacial score (nSPS) is 10.6. The van der Waals surface area contributed by atoms with Crippen molar-refractivity contribution in [2.75, 3.05) is 13.6 Å². The van der Waals surface area contributed by atoms with Crippen molar-refractivity contribution in [2.24, 2.45) is 0 Å². The summed E-state index contributed by atoms with van der Waals surface area (Å²) in [5.74, 6) is 0.915. The smallest absolute Gasteiger partial charge is 0.145 e. The van der Waals surface area contributed by atoms with Crippen LogP contribution in [0.15, 0.2) is 28.3 Å². The highest BCUT2D eigenvalue weighted by atomic mass is 32.1. The van der Waals surface area contributed by atoms with Crippen molar-refractivity contribution in [1.82, 2.24) is 10.3 Å². The first-order valence-corrected chi connectivity index (χ1v) is 5.40. The number of hydrogen-bond acceptors (Lipinski definition) is 4. The van der Waals surface area contributed by atoms with Gasteiger partial charge in [0.25, 0.3) is 0 Å². The maximum Gasteiger partial charge on any atom is 0.145 e. The van der Waals surface area contributed by atoms with Crippen LogP contribution in [0, 0.1) is 0 Å². The maximum atomic E-state index is 5.35. The van der Waals surface area contributed by atoms with Gasteiger partial charge in [-0.3, -0.25) is 0 Å². The highest BCUT2D eigenvalue weighted by molar-refractivity contribution is 7.13. The van der Waals surface area contributed by atoms with Crippen molar-refractivity contribution >= 4 is 11.3 Å². The molecule has 0 aliphatic rings. The number of hydrogen-bond donors (Lipinski definition) is 1. The summed E-state index contributed by atoms with van der Waals surface area (Å²) in [6.07, 6.45) is 2.63. The second-order valence-electron chi connectivity index (χ2n) is 2.96. The lowest BCUT2D eigenvalue weighted by molar-refractivity contribution is 0.582. The van der Waals surface area contributed by atoms with E-state index in [1.807, 2.05) is 24.7 Å². The molecule has 0 spiro atoms. The van der Waals surface area contributed by atoms with Gasteiger partial charge in [0.2, 0.25) is 0 Å². The van der Waals surface area contributed by atoms with Crippen LogP contribution < -0.4 is 5.32 Å². The van der Waals surface area contributed by atoms with Crippen LogP contribution in [0.3, 0.4) is 0 Å². The Bertz CT molecular complexity index is 380. The standard InChI is InChI=1S/C10H12N2OS/c1-11-5-4-8-10(14-7-12-8)9-3-2-6-13-9/h2-3,6-7,11H,4-5H2,1H3. The van der Waals surface area contributed by atoms with Gasteiger partial charge in [0.15, 0.2) is 0 Å². The number of furan rings is 1. The topological polar surface area (TPSA) is 38.1 Å². The Balaban J connectivity index is 2.22. The molecule has 0 aliphatic heterocycles. The van der Waals surface area contributed by atoms with E-state index < -0.39 is 0 Å². The summed E-state index contributed by atoms with van der Waals surface area (Å²) in [7, 11) is 1.94. The molecule has 2 aromatic rings. The third kappa shape index (κ3) is 1.86. The summed E-state index contributed by atoms with van der Waals surface area (Å²) in [4.78, 5) is 5.47. The van der Waals surface area contributed by atoms with Gasteiger partial charge in [0, 0.05) is 13.0 Å². The van der Waals surface area contributed by atoms with Crippen LogP contribution in [0.4, 0.5) is 0 Å². The fourth-order valence-corrected chi connectivity index (χ4v) is 2.11. The largest absolute Gasteiger partial charge is 0.463 e. The molecule has 0 radical (unpaired) electrons. The van der Waals surface area contributed by atoms with Crippen LogP contribution in [-0.2, 0) is 6.42 Å². The monoisotopic (exact) mass is 208 g/mol. The van der Waals surface area contributed by atoms with E-state index in [1.54, 1.807) is 17.6 Å². The van der Waals surface area contributed by atoms with E-state index in [2.05, 4.69) is 10.3 Å². The molecule has 0 atom stereocenters. The zero-order valence-electron chi connectivity index (χ0n) is 7.99. The first-order valence-electron chi connectivity index (χ1n) is 4.52. The minimum absolute atomic E-state index is 0.915. The van der Waals surface area contributed by atoms with Crippen molar-refractivity contribution < 1.29 is 4.42 Å². The number of rotatable bonds is 4. The van der Waals surface area contributed by atoms with Crippen LogP contribution >= 0.6 is 11.3 Å². The molecule has 0 amide bonds. The van der Waals surface area contributed by atoms with Gasteiger partial charge >= 0.3 is 0 Å². The number of aromatic nitrogens is 1. The molecule has 0 unspecified atom stereocenters. The SMILES string of the molecule is CNCCc1ncsc1-c1ccco1. The van der Waals surface area contributed by atoms with Gasteiger partial charge in [-0.1, -0.05) is 0 Å². The summed E-state index contributed by atoms with van der Waals surface area (Å²) in [6.45, 7) is 0.942. The van der Waals surface area contributed by atoms with Gasteiger partial charge in [-0.05, 0) is 19.2 Å². The second-order valence-corrected chi connectivity index (χ2v) is 3.81. The predicted molar refractivity (Wildman–Crippen MR) is 57.4 cm³/mol. The molecule has 2 rings (SSSR count). The third-order valence-corrected chi connectivity index (χ3v) is 2.88. The van der Waals surface area contributed by atoms with Crippen molar-refractivity contribution in [2.45, 2.75) is 6.42 Å².